The van der Waals surface area contributed by atoms with Crippen molar-refractivity contribution in [3.63, 3.8) is 0 Å². The standard InChI is InChI=1S/C23H26N6OS/c1-2-19(30)29-10-15-8-17(9-16(15)11-29)28-23-20(22(25)26-12-27-23)21(24)14-3-4-18-13(7-14)5-6-31-18/h2-4,7,12,15-17,24H,1,5-6,8-11H2,(H3,25,26,27,28). The van der Waals surface area contributed by atoms with Crippen molar-refractivity contribution < 1.29 is 4.79 Å². The minimum absolute atomic E-state index is 0.0194. The van der Waals surface area contributed by atoms with Crippen LogP contribution in [-0.4, -0.2) is 51.4 Å². The summed E-state index contributed by atoms with van der Waals surface area (Å²) >= 11 is 1.86. The molecular weight excluding hydrogens is 408 g/mol. The van der Waals surface area contributed by atoms with Crippen LogP contribution in [0.15, 0.2) is 42.1 Å². The molecule has 3 heterocycles. The second-order valence-corrected chi connectivity index (χ2v) is 9.70. The van der Waals surface area contributed by atoms with E-state index in [4.69, 9.17) is 11.1 Å². The number of aromatic nitrogens is 2. The van der Waals surface area contributed by atoms with Gasteiger partial charge < -0.3 is 16.0 Å². The Morgan fingerprint density at radius 2 is 2.06 bits per heavy atom. The summed E-state index contributed by atoms with van der Waals surface area (Å²) in [5.41, 5.74) is 9.26. The van der Waals surface area contributed by atoms with Gasteiger partial charge in [0.2, 0.25) is 5.91 Å². The van der Waals surface area contributed by atoms with Crippen LogP contribution in [0.2, 0.25) is 0 Å². The van der Waals surface area contributed by atoms with E-state index >= 15 is 0 Å². The molecule has 1 saturated heterocycles. The maximum absolute atomic E-state index is 11.9. The minimum Gasteiger partial charge on any atom is -0.383 e. The molecule has 8 heteroatoms. The summed E-state index contributed by atoms with van der Waals surface area (Å²) in [5.74, 6) is 3.02. The van der Waals surface area contributed by atoms with Gasteiger partial charge >= 0.3 is 0 Å². The van der Waals surface area contributed by atoms with Crippen molar-refractivity contribution in [3.05, 3.63) is 53.9 Å². The fourth-order valence-corrected chi connectivity index (χ4v) is 6.21. The summed E-state index contributed by atoms with van der Waals surface area (Å²) in [7, 11) is 0. The predicted octanol–water partition coefficient (Wildman–Crippen LogP) is 2.96. The van der Waals surface area contributed by atoms with Crippen LogP contribution in [0.1, 0.15) is 29.5 Å². The number of amides is 1. The van der Waals surface area contributed by atoms with E-state index in [1.807, 2.05) is 22.7 Å². The number of nitrogens with zero attached hydrogens (tertiary/aromatic N) is 3. The van der Waals surface area contributed by atoms with Crippen molar-refractivity contribution in [2.45, 2.75) is 30.2 Å². The number of fused-ring (bicyclic) bond motifs is 2. The number of carbonyl (C=O) groups excluding carboxylic acids is 1. The molecule has 0 bridgehead atoms. The van der Waals surface area contributed by atoms with E-state index in [0.29, 0.717) is 34.7 Å². The monoisotopic (exact) mass is 434 g/mol. The third-order valence-electron chi connectivity index (χ3n) is 6.68. The second-order valence-electron chi connectivity index (χ2n) is 8.56. The molecule has 1 aliphatic carbocycles. The minimum atomic E-state index is 0.0194. The molecule has 1 saturated carbocycles. The Kier molecular flexibility index (Phi) is 5.17. The highest BCUT2D eigenvalue weighted by molar-refractivity contribution is 7.99. The predicted molar refractivity (Wildman–Crippen MR) is 124 cm³/mol. The quantitative estimate of drug-likeness (QED) is 0.493. The van der Waals surface area contributed by atoms with Crippen LogP contribution in [0.3, 0.4) is 0 Å². The van der Waals surface area contributed by atoms with Crippen molar-refractivity contribution in [1.82, 2.24) is 14.9 Å². The fraction of sp³-hybridized carbons (Fsp3) is 0.391. The zero-order valence-electron chi connectivity index (χ0n) is 17.3. The zero-order chi connectivity index (χ0) is 21.5. The van der Waals surface area contributed by atoms with E-state index in [2.05, 4.69) is 34.0 Å². The lowest BCUT2D eigenvalue weighted by molar-refractivity contribution is -0.125. The van der Waals surface area contributed by atoms with Crippen LogP contribution in [0.5, 0.6) is 0 Å². The third-order valence-corrected chi connectivity index (χ3v) is 7.80. The first kappa shape index (κ1) is 20.1. The molecule has 1 aromatic heterocycles. The van der Waals surface area contributed by atoms with Crippen LogP contribution < -0.4 is 11.1 Å². The highest BCUT2D eigenvalue weighted by atomic mass is 32.2. The van der Waals surface area contributed by atoms with Gasteiger partial charge in [-0.2, -0.15) is 0 Å². The van der Waals surface area contributed by atoms with Crippen molar-refractivity contribution in [2.75, 3.05) is 29.9 Å². The van der Waals surface area contributed by atoms with Crippen molar-refractivity contribution >= 4 is 35.0 Å². The maximum atomic E-state index is 11.9. The normalized spacial score (nSPS) is 24.0. The van der Waals surface area contributed by atoms with Crippen LogP contribution >= 0.6 is 11.8 Å². The molecule has 2 atom stereocenters. The van der Waals surface area contributed by atoms with E-state index in [1.165, 1.54) is 22.9 Å². The number of hydrogen-bond acceptors (Lipinski definition) is 7. The number of aryl methyl sites for hydroxylation is 1. The Labute approximate surface area is 186 Å². The number of benzene rings is 1. The van der Waals surface area contributed by atoms with Crippen LogP contribution in [-0.2, 0) is 11.2 Å². The molecule has 0 spiro atoms. The van der Waals surface area contributed by atoms with Crippen LogP contribution in [0, 0.1) is 17.2 Å². The van der Waals surface area contributed by atoms with Gasteiger partial charge in [0, 0.05) is 35.3 Å². The third kappa shape index (κ3) is 3.69. The van der Waals surface area contributed by atoms with Crippen molar-refractivity contribution in [2.24, 2.45) is 11.8 Å². The highest BCUT2D eigenvalue weighted by Crippen LogP contribution is 2.40. The Morgan fingerprint density at radius 3 is 2.81 bits per heavy atom. The highest BCUT2D eigenvalue weighted by Gasteiger charge is 2.42. The summed E-state index contributed by atoms with van der Waals surface area (Å²) < 4.78 is 0. The van der Waals surface area contributed by atoms with Gasteiger partial charge in [-0.15, -0.1) is 11.8 Å². The molecule has 160 valence electrons. The lowest BCUT2D eigenvalue weighted by Crippen LogP contribution is -2.30. The van der Waals surface area contributed by atoms with Gasteiger partial charge in [0.1, 0.15) is 18.0 Å². The zero-order valence-corrected chi connectivity index (χ0v) is 18.1. The molecule has 2 aliphatic heterocycles. The number of nitrogens with one attached hydrogen (secondary N) is 2. The molecule has 0 radical (unpaired) electrons. The number of hydrogen-bond donors (Lipinski definition) is 3. The number of nitrogen functional groups attached to an aromatic ring is 1. The number of nitrogens with two attached hydrogens (primary N) is 1. The van der Waals surface area contributed by atoms with Gasteiger partial charge in [-0.25, -0.2) is 9.97 Å². The first-order valence-corrected chi connectivity index (χ1v) is 11.7. The van der Waals surface area contributed by atoms with Crippen LogP contribution in [0.4, 0.5) is 11.6 Å². The summed E-state index contributed by atoms with van der Waals surface area (Å²) in [4.78, 5) is 23.7. The molecule has 1 aromatic carbocycles. The van der Waals surface area contributed by atoms with Crippen molar-refractivity contribution in [1.29, 1.82) is 5.41 Å². The van der Waals surface area contributed by atoms with E-state index in [0.717, 1.165) is 43.7 Å². The molecule has 3 aliphatic rings. The molecular formula is C23H26N6OS. The Morgan fingerprint density at radius 1 is 1.29 bits per heavy atom. The van der Waals surface area contributed by atoms with E-state index in [1.54, 1.807) is 0 Å². The summed E-state index contributed by atoms with van der Waals surface area (Å²) in [5, 5.41) is 12.4. The number of thioether (sulfide) groups is 1. The van der Waals surface area contributed by atoms with Gasteiger partial charge in [0.25, 0.3) is 0 Å². The van der Waals surface area contributed by atoms with E-state index in [-0.39, 0.29) is 11.9 Å². The topological polar surface area (TPSA) is 108 Å². The molecule has 7 nitrogen and oxygen atoms in total. The Bertz CT molecular complexity index is 1060. The first-order chi connectivity index (χ1) is 15.0. The number of anilines is 2. The lowest BCUT2D eigenvalue weighted by Gasteiger charge is -2.21. The SMILES string of the molecule is C=CC(=O)N1CC2CC(Nc3ncnc(N)c3C(=N)c3ccc4c(c3)CCS4)CC2C1. The molecule has 31 heavy (non-hydrogen) atoms. The molecule has 2 aromatic rings. The van der Waals surface area contributed by atoms with Gasteiger partial charge in [-0.1, -0.05) is 12.6 Å². The van der Waals surface area contributed by atoms with Gasteiger partial charge in [0.05, 0.1) is 11.3 Å². The van der Waals surface area contributed by atoms with Gasteiger partial charge in [-0.05, 0) is 54.9 Å². The number of carbonyl (C=O) groups is 1. The molecule has 5 rings (SSSR count). The van der Waals surface area contributed by atoms with E-state index in [9.17, 15) is 4.79 Å². The number of rotatable bonds is 5. The smallest absolute Gasteiger partial charge is 0.245 e. The lowest BCUT2D eigenvalue weighted by atomic mass is 10.00. The van der Waals surface area contributed by atoms with Gasteiger partial charge in [-0.3, -0.25) is 10.2 Å². The molecule has 2 fully saturated rings. The number of likely N-dealkylation sites (tertiary alicyclic amines) is 1. The van der Waals surface area contributed by atoms with Gasteiger partial charge in [0.15, 0.2) is 0 Å². The Hall–Kier alpha value is -2.87. The Balaban J connectivity index is 1.34. The average Bonchev–Trinajstić information content (AvgIpc) is 3.47. The molecule has 1 amide bonds. The second kappa shape index (κ2) is 8.00. The van der Waals surface area contributed by atoms with Crippen LogP contribution in [0.25, 0.3) is 0 Å². The molecule has 2 unspecified atom stereocenters. The summed E-state index contributed by atoms with van der Waals surface area (Å²) in [6, 6.07) is 6.42. The van der Waals surface area contributed by atoms with E-state index < -0.39 is 0 Å². The maximum Gasteiger partial charge on any atom is 0.245 e. The average molecular weight is 435 g/mol. The first-order valence-electron chi connectivity index (χ1n) is 10.7. The van der Waals surface area contributed by atoms with Crippen molar-refractivity contribution in [3.8, 4) is 0 Å². The largest absolute Gasteiger partial charge is 0.383 e. The fourth-order valence-electron chi connectivity index (χ4n) is 5.16. The molecule has 4 N–H and O–H groups in total. The summed E-state index contributed by atoms with van der Waals surface area (Å²) in [6.07, 6.45) is 5.82. The summed E-state index contributed by atoms with van der Waals surface area (Å²) in [6.45, 7) is 5.17.